The molecule has 0 saturated heterocycles. The van der Waals surface area contributed by atoms with Crippen LogP contribution in [-0.2, 0) is 17.8 Å². The molecule has 23 heavy (non-hydrogen) atoms. The van der Waals surface area contributed by atoms with Crippen molar-refractivity contribution in [2.75, 3.05) is 7.05 Å². The zero-order valence-corrected chi connectivity index (χ0v) is 12.3. The summed E-state index contributed by atoms with van der Waals surface area (Å²) in [5.74, 6) is -1.83. The second-order valence-electron chi connectivity index (χ2n) is 5.05. The van der Waals surface area contributed by atoms with E-state index in [1.165, 1.54) is 36.2 Å². The first-order chi connectivity index (χ1) is 10.9. The van der Waals surface area contributed by atoms with Gasteiger partial charge in [-0.2, -0.15) is 0 Å². The van der Waals surface area contributed by atoms with Gasteiger partial charge in [0.05, 0.1) is 11.3 Å². The molecular weight excluding hydrogens is 306 g/mol. The second kappa shape index (κ2) is 6.95. The molecule has 0 aliphatic carbocycles. The van der Waals surface area contributed by atoms with E-state index in [0.717, 1.165) is 12.1 Å². The molecule has 0 bridgehead atoms. The second-order valence-corrected chi connectivity index (χ2v) is 5.05. The van der Waals surface area contributed by atoms with Crippen LogP contribution in [0.25, 0.3) is 0 Å². The standard InChI is InChI=1S/C16H14F2N2O3/c1-19(10-12-6-7-13(17)9-14(12)18)16(21)8-11-4-2-3-5-15(11)20(22)23/h2-7,9H,8,10H2,1H3. The molecule has 0 fully saturated rings. The van der Waals surface area contributed by atoms with Crippen LogP contribution in [0, 0.1) is 21.7 Å². The molecule has 0 unspecified atom stereocenters. The van der Waals surface area contributed by atoms with Gasteiger partial charge in [-0.15, -0.1) is 0 Å². The van der Waals surface area contributed by atoms with Gasteiger partial charge < -0.3 is 4.90 Å². The first-order valence-corrected chi connectivity index (χ1v) is 6.78. The highest BCUT2D eigenvalue weighted by Crippen LogP contribution is 2.19. The first-order valence-electron chi connectivity index (χ1n) is 6.78. The molecule has 7 heteroatoms. The van der Waals surface area contributed by atoms with Crippen LogP contribution >= 0.6 is 0 Å². The maximum absolute atomic E-state index is 13.6. The number of carbonyl (C=O) groups is 1. The summed E-state index contributed by atoms with van der Waals surface area (Å²) in [7, 11) is 1.46. The SMILES string of the molecule is CN(Cc1ccc(F)cc1F)C(=O)Cc1ccccc1[N+](=O)[O-]. The Labute approximate surface area is 131 Å². The van der Waals surface area contributed by atoms with Crippen molar-refractivity contribution in [2.45, 2.75) is 13.0 Å². The van der Waals surface area contributed by atoms with Crippen molar-refractivity contribution >= 4 is 11.6 Å². The van der Waals surface area contributed by atoms with Crippen LogP contribution in [0.1, 0.15) is 11.1 Å². The van der Waals surface area contributed by atoms with E-state index in [-0.39, 0.29) is 29.8 Å². The number of likely N-dealkylation sites (N-methyl/N-ethyl adjacent to an activating group) is 1. The summed E-state index contributed by atoms with van der Waals surface area (Å²) in [5.41, 5.74) is 0.320. The number of hydrogen-bond acceptors (Lipinski definition) is 3. The number of hydrogen-bond donors (Lipinski definition) is 0. The minimum atomic E-state index is -0.740. The lowest BCUT2D eigenvalue weighted by Crippen LogP contribution is -2.28. The topological polar surface area (TPSA) is 63.5 Å². The fraction of sp³-hybridized carbons (Fsp3) is 0.188. The van der Waals surface area contributed by atoms with Crippen LogP contribution in [0.5, 0.6) is 0 Å². The molecule has 120 valence electrons. The summed E-state index contributed by atoms with van der Waals surface area (Å²) in [6.45, 7) is -0.0500. The number of amides is 1. The van der Waals surface area contributed by atoms with Crippen molar-refractivity contribution in [1.29, 1.82) is 0 Å². The third-order valence-corrected chi connectivity index (χ3v) is 3.38. The molecule has 0 aliphatic rings. The smallest absolute Gasteiger partial charge is 0.273 e. The van der Waals surface area contributed by atoms with Crippen molar-refractivity contribution in [3.63, 3.8) is 0 Å². The number of para-hydroxylation sites is 1. The van der Waals surface area contributed by atoms with Gasteiger partial charge in [0.2, 0.25) is 5.91 Å². The minimum Gasteiger partial charge on any atom is -0.341 e. The Morgan fingerprint density at radius 3 is 2.52 bits per heavy atom. The molecule has 0 spiro atoms. The number of nitrogens with zero attached hydrogens (tertiary/aromatic N) is 2. The Kier molecular flexibility index (Phi) is 5.00. The lowest BCUT2D eigenvalue weighted by atomic mass is 10.1. The number of halogens is 2. The van der Waals surface area contributed by atoms with E-state index in [0.29, 0.717) is 0 Å². The molecule has 0 radical (unpaired) electrons. The molecule has 0 N–H and O–H groups in total. The van der Waals surface area contributed by atoms with Gasteiger partial charge in [0.15, 0.2) is 0 Å². The first kappa shape index (κ1) is 16.5. The van der Waals surface area contributed by atoms with Crippen molar-refractivity contribution in [3.8, 4) is 0 Å². The van der Waals surface area contributed by atoms with Crippen LogP contribution in [0.4, 0.5) is 14.5 Å². The highest BCUT2D eigenvalue weighted by Gasteiger charge is 2.18. The molecule has 0 saturated carbocycles. The maximum Gasteiger partial charge on any atom is 0.273 e. The van der Waals surface area contributed by atoms with Crippen molar-refractivity contribution in [3.05, 3.63) is 75.3 Å². The Hall–Kier alpha value is -2.83. The van der Waals surface area contributed by atoms with Gasteiger partial charge in [-0.3, -0.25) is 14.9 Å². The van der Waals surface area contributed by atoms with E-state index in [1.807, 2.05) is 0 Å². The van der Waals surface area contributed by atoms with Crippen LogP contribution in [0.15, 0.2) is 42.5 Å². The van der Waals surface area contributed by atoms with Gasteiger partial charge >= 0.3 is 0 Å². The van der Waals surface area contributed by atoms with Crippen LogP contribution in [0.2, 0.25) is 0 Å². The Balaban J connectivity index is 2.10. The average Bonchev–Trinajstić information content (AvgIpc) is 2.50. The number of carbonyl (C=O) groups excluding carboxylic acids is 1. The Morgan fingerprint density at radius 2 is 1.87 bits per heavy atom. The highest BCUT2D eigenvalue weighted by atomic mass is 19.1. The number of benzene rings is 2. The van der Waals surface area contributed by atoms with Gasteiger partial charge in [-0.1, -0.05) is 24.3 Å². The summed E-state index contributed by atoms with van der Waals surface area (Å²) in [4.78, 5) is 23.8. The molecule has 0 heterocycles. The van der Waals surface area contributed by atoms with Gasteiger partial charge in [0.1, 0.15) is 11.6 Å². The number of nitro benzene ring substituents is 1. The van der Waals surface area contributed by atoms with E-state index in [4.69, 9.17) is 0 Å². The van der Waals surface area contributed by atoms with Crippen LogP contribution < -0.4 is 0 Å². The van der Waals surface area contributed by atoms with Crippen molar-refractivity contribution in [1.82, 2.24) is 4.90 Å². The van der Waals surface area contributed by atoms with E-state index >= 15 is 0 Å². The van der Waals surface area contributed by atoms with E-state index in [2.05, 4.69) is 0 Å². The largest absolute Gasteiger partial charge is 0.341 e. The zero-order valence-electron chi connectivity index (χ0n) is 12.3. The lowest BCUT2D eigenvalue weighted by Gasteiger charge is -2.17. The van der Waals surface area contributed by atoms with Crippen LogP contribution in [-0.4, -0.2) is 22.8 Å². The molecule has 0 aliphatic heterocycles. The zero-order chi connectivity index (χ0) is 17.0. The number of rotatable bonds is 5. The average molecular weight is 320 g/mol. The molecule has 2 aromatic rings. The fourth-order valence-electron chi connectivity index (χ4n) is 2.13. The fourth-order valence-corrected chi connectivity index (χ4v) is 2.13. The molecule has 2 aromatic carbocycles. The molecule has 5 nitrogen and oxygen atoms in total. The minimum absolute atomic E-state index is 0.0500. The summed E-state index contributed by atoms with van der Waals surface area (Å²) >= 11 is 0. The third kappa shape index (κ3) is 4.09. The van der Waals surface area contributed by atoms with Gasteiger partial charge in [0, 0.05) is 36.9 Å². The monoisotopic (exact) mass is 320 g/mol. The normalized spacial score (nSPS) is 10.4. The lowest BCUT2D eigenvalue weighted by molar-refractivity contribution is -0.385. The maximum atomic E-state index is 13.6. The van der Waals surface area contributed by atoms with E-state index in [1.54, 1.807) is 6.07 Å². The predicted molar refractivity (Wildman–Crippen MR) is 79.6 cm³/mol. The van der Waals surface area contributed by atoms with Crippen molar-refractivity contribution < 1.29 is 18.5 Å². The Morgan fingerprint density at radius 1 is 1.17 bits per heavy atom. The summed E-state index contributed by atoms with van der Waals surface area (Å²) in [6.07, 6.45) is -0.170. The summed E-state index contributed by atoms with van der Waals surface area (Å²) in [6, 6.07) is 9.07. The van der Waals surface area contributed by atoms with Gasteiger partial charge in [0.25, 0.3) is 5.69 Å². The van der Waals surface area contributed by atoms with Gasteiger partial charge in [-0.05, 0) is 6.07 Å². The predicted octanol–water partition coefficient (Wildman–Crippen LogP) is 3.07. The van der Waals surface area contributed by atoms with Gasteiger partial charge in [-0.25, -0.2) is 8.78 Å². The van der Waals surface area contributed by atoms with E-state index in [9.17, 15) is 23.7 Å². The molecule has 0 atom stereocenters. The summed E-state index contributed by atoms with van der Waals surface area (Å²) < 4.78 is 26.5. The third-order valence-electron chi connectivity index (χ3n) is 3.38. The highest BCUT2D eigenvalue weighted by molar-refractivity contribution is 5.79. The number of nitro groups is 1. The van der Waals surface area contributed by atoms with E-state index < -0.39 is 22.5 Å². The quantitative estimate of drug-likeness (QED) is 0.628. The van der Waals surface area contributed by atoms with Crippen molar-refractivity contribution in [2.24, 2.45) is 0 Å². The van der Waals surface area contributed by atoms with Crippen LogP contribution in [0.3, 0.4) is 0 Å². The molecule has 0 aromatic heterocycles. The summed E-state index contributed by atoms with van der Waals surface area (Å²) in [5, 5.41) is 10.9. The Bertz CT molecular complexity index is 750. The molecular formula is C16H14F2N2O3. The molecule has 1 amide bonds. The molecule has 2 rings (SSSR count).